The van der Waals surface area contributed by atoms with Crippen LogP contribution in [0.5, 0.6) is 0 Å². The van der Waals surface area contributed by atoms with E-state index in [1.165, 1.54) is 11.3 Å². The van der Waals surface area contributed by atoms with Crippen LogP contribution in [0, 0.1) is 20.8 Å². The van der Waals surface area contributed by atoms with E-state index in [1.54, 1.807) is 6.20 Å². The summed E-state index contributed by atoms with van der Waals surface area (Å²) < 4.78 is 0. The normalized spacial score (nSPS) is 16.3. The topological polar surface area (TPSA) is 71.9 Å². The number of nitrogens with zero attached hydrogens (tertiary/aromatic N) is 5. The van der Waals surface area contributed by atoms with Crippen LogP contribution in [0.15, 0.2) is 24.7 Å². The molecule has 1 atom stereocenters. The van der Waals surface area contributed by atoms with Gasteiger partial charge in [0.1, 0.15) is 10.7 Å². The third kappa shape index (κ3) is 3.86. The molecule has 30 heavy (non-hydrogen) atoms. The molecule has 0 aromatic carbocycles. The number of hydrogen-bond acceptors (Lipinski definition) is 6. The molecule has 0 radical (unpaired) electrons. The van der Waals surface area contributed by atoms with Crippen molar-refractivity contribution in [2.75, 3.05) is 6.54 Å². The Morgan fingerprint density at radius 3 is 2.73 bits per heavy atom. The van der Waals surface area contributed by atoms with Crippen molar-refractivity contribution in [3.63, 3.8) is 0 Å². The van der Waals surface area contributed by atoms with Gasteiger partial charge in [0.05, 0.1) is 22.4 Å². The Balaban J connectivity index is 1.79. The van der Waals surface area contributed by atoms with E-state index in [1.807, 2.05) is 44.1 Å². The van der Waals surface area contributed by atoms with E-state index in [4.69, 9.17) is 4.98 Å². The van der Waals surface area contributed by atoms with Crippen molar-refractivity contribution in [3.8, 4) is 11.1 Å². The largest absolute Gasteiger partial charge is 0.329 e. The van der Waals surface area contributed by atoms with Crippen molar-refractivity contribution in [1.82, 2.24) is 24.8 Å². The van der Waals surface area contributed by atoms with Crippen LogP contribution >= 0.6 is 11.3 Å². The average Bonchev–Trinajstić information content (AvgIpc) is 3.34. The Hall–Kier alpha value is -2.67. The first kappa shape index (κ1) is 20.6. The van der Waals surface area contributed by atoms with Crippen molar-refractivity contribution in [1.29, 1.82) is 0 Å². The lowest BCUT2D eigenvalue weighted by Gasteiger charge is -2.26. The highest BCUT2D eigenvalue weighted by atomic mass is 32.1. The molecule has 0 saturated carbocycles. The zero-order valence-electron chi connectivity index (χ0n) is 18.0. The number of aromatic nitrogens is 4. The molecule has 1 fully saturated rings. The fraction of sp³-hybridized carbons (Fsp3) is 0.435. The highest BCUT2D eigenvalue weighted by molar-refractivity contribution is 7.13. The molecule has 4 heterocycles. The van der Waals surface area contributed by atoms with Gasteiger partial charge in [-0.1, -0.05) is 6.92 Å². The zero-order chi connectivity index (χ0) is 21.3. The summed E-state index contributed by atoms with van der Waals surface area (Å²) in [5, 5.41) is 0.923. The van der Waals surface area contributed by atoms with E-state index in [9.17, 15) is 4.79 Å². The number of likely N-dealkylation sites (tertiary alicyclic amines) is 1. The summed E-state index contributed by atoms with van der Waals surface area (Å²) in [6.07, 6.45) is 9.28. The molecule has 0 spiro atoms. The Morgan fingerprint density at radius 2 is 2.03 bits per heavy atom. The third-order valence-electron chi connectivity index (χ3n) is 5.58. The number of aryl methyl sites for hydroxylation is 4. The van der Waals surface area contributed by atoms with Gasteiger partial charge in [-0.05, 0) is 57.2 Å². The minimum Gasteiger partial charge on any atom is -0.329 e. The average molecular weight is 422 g/mol. The molecule has 3 aromatic rings. The maximum Gasteiger partial charge on any atom is 0.266 e. The molecule has 1 aliphatic rings. The molecule has 7 heteroatoms. The molecular formula is C23H27N5OS. The van der Waals surface area contributed by atoms with Crippen LogP contribution in [0.2, 0.25) is 0 Å². The number of pyridine rings is 1. The quantitative estimate of drug-likeness (QED) is 0.589. The van der Waals surface area contributed by atoms with E-state index >= 15 is 0 Å². The van der Waals surface area contributed by atoms with Crippen LogP contribution in [0.3, 0.4) is 0 Å². The van der Waals surface area contributed by atoms with E-state index in [-0.39, 0.29) is 11.9 Å². The molecule has 1 saturated heterocycles. The summed E-state index contributed by atoms with van der Waals surface area (Å²) >= 11 is 1.48. The molecule has 3 aromatic heterocycles. The maximum atomic E-state index is 13.4. The third-order valence-corrected chi connectivity index (χ3v) is 6.64. The van der Waals surface area contributed by atoms with E-state index in [0.29, 0.717) is 0 Å². The van der Waals surface area contributed by atoms with Crippen LogP contribution < -0.4 is 0 Å². The summed E-state index contributed by atoms with van der Waals surface area (Å²) in [7, 11) is 0. The Morgan fingerprint density at radius 1 is 1.20 bits per heavy atom. The smallest absolute Gasteiger partial charge is 0.266 e. The van der Waals surface area contributed by atoms with Gasteiger partial charge in [0.25, 0.3) is 5.91 Å². The molecule has 0 unspecified atom stereocenters. The summed E-state index contributed by atoms with van der Waals surface area (Å²) in [5.41, 5.74) is 4.92. The van der Waals surface area contributed by atoms with E-state index < -0.39 is 0 Å². The van der Waals surface area contributed by atoms with Crippen LogP contribution in [-0.2, 0) is 6.42 Å². The molecule has 4 rings (SSSR count). The monoisotopic (exact) mass is 421 g/mol. The summed E-state index contributed by atoms with van der Waals surface area (Å²) in [4.78, 5) is 34.4. The Bertz CT molecular complexity index is 1080. The fourth-order valence-electron chi connectivity index (χ4n) is 4.17. The van der Waals surface area contributed by atoms with Gasteiger partial charge in [-0.3, -0.25) is 9.78 Å². The molecule has 1 aliphatic heterocycles. The Kier molecular flexibility index (Phi) is 5.90. The number of carbonyl (C=O) groups is 1. The molecular weight excluding hydrogens is 394 g/mol. The number of amides is 1. The SMILES string of the molecule is CCCc1ncc(-c2ccncc2C)c([C@H]2CCCN2C(=O)c2sc(C)nc2C)n1. The number of carbonyl (C=O) groups excluding carboxylic acids is 1. The van der Waals surface area contributed by atoms with Crippen LogP contribution in [-0.4, -0.2) is 37.3 Å². The van der Waals surface area contributed by atoms with Crippen molar-refractivity contribution >= 4 is 17.2 Å². The standard InChI is InChI=1S/C23H27N5OS/c1-5-7-20-25-13-18(17-9-10-24-12-14(17)2)21(27-20)19-8-6-11-28(19)23(29)22-15(3)26-16(4)30-22/h9-10,12-13,19H,5-8,11H2,1-4H3/t19-/m1/s1. The minimum absolute atomic E-state index is 0.0551. The van der Waals surface area contributed by atoms with Gasteiger partial charge in [0.2, 0.25) is 0 Å². The predicted molar refractivity (Wildman–Crippen MR) is 119 cm³/mol. The number of hydrogen-bond donors (Lipinski definition) is 0. The molecule has 0 aliphatic carbocycles. The minimum atomic E-state index is -0.0551. The maximum absolute atomic E-state index is 13.4. The second kappa shape index (κ2) is 8.60. The van der Waals surface area contributed by atoms with Crippen LogP contribution in [0.1, 0.15) is 69.7 Å². The van der Waals surface area contributed by atoms with Gasteiger partial charge < -0.3 is 4.90 Å². The fourth-order valence-corrected chi connectivity index (χ4v) is 5.04. The first-order chi connectivity index (χ1) is 14.5. The van der Waals surface area contributed by atoms with Crippen LogP contribution in [0.25, 0.3) is 11.1 Å². The number of rotatable bonds is 5. The van der Waals surface area contributed by atoms with Crippen LogP contribution in [0.4, 0.5) is 0 Å². The molecule has 1 amide bonds. The first-order valence-electron chi connectivity index (χ1n) is 10.5. The summed E-state index contributed by atoms with van der Waals surface area (Å²) in [6.45, 7) is 8.78. The lowest BCUT2D eigenvalue weighted by atomic mass is 9.97. The van der Waals surface area contributed by atoms with Crippen molar-refractivity contribution in [2.24, 2.45) is 0 Å². The van der Waals surface area contributed by atoms with E-state index in [0.717, 1.165) is 76.0 Å². The molecule has 0 bridgehead atoms. The van der Waals surface area contributed by atoms with Gasteiger partial charge >= 0.3 is 0 Å². The highest BCUT2D eigenvalue weighted by Gasteiger charge is 2.35. The second-order valence-corrected chi connectivity index (χ2v) is 9.03. The van der Waals surface area contributed by atoms with Gasteiger partial charge in [0.15, 0.2) is 0 Å². The molecule has 6 nitrogen and oxygen atoms in total. The van der Waals surface area contributed by atoms with Crippen molar-refractivity contribution < 1.29 is 4.79 Å². The van der Waals surface area contributed by atoms with Gasteiger partial charge in [-0.2, -0.15) is 0 Å². The number of thiazole rings is 1. The van der Waals surface area contributed by atoms with Gasteiger partial charge in [-0.15, -0.1) is 11.3 Å². The van der Waals surface area contributed by atoms with Crippen molar-refractivity contribution in [3.05, 3.63) is 57.3 Å². The lowest BCUT2D eigenvalue weighted by molar-refractivity contribution is 0.0737. The predicted octanol–water partition coefficient (Wildman–Crippen LogP) is 4.85. The van der Waals surface area contributed by atoms with Crippen molar-refractivity contribution in [2.45, 2.75) is 59.4 Å². The van der Waals surface area contributed by atoms with E-state index in [2.05, 4.69) is 21.9 Å². The second-order valence-electron chi connectivity index (χ2n) is 7.83. The van der Waals surface area contributed by atoms with Gasteiger partial charge in [-0.25, -0.2) is 15.0 Å². The molecule has 156 valence electrons. The first-order valence-corrected chi connectivity index (χ1v) is 11.3. The summed E-state index contributed by atoms with van der Waals surface area (Å²) in [5.74, 6) is 0.903. The molecule has 0 N–H and O–H groups in total. The highest BCUT2D eigenvalue weighted by Crippen LogP contribution is 2.38. The lowest BCUT2D eigenvalue weighted by Crippen LogP contribution is -2.31. The Labute approximate surface area is 181 Å². The summed E-state index contributed by atoms with van der Waals surface area (Å²) in [6, 6.07) is 1.95. The zero-order valence-corrected chi connectivity index (χ0v) is 18.8. The van der Waals surface area contributed by atoms with Gasteiger partial charge in [0, 0.05) is 37.1 Å².